The maximum absolute atomic E-state index is 12.0. The highest BCUT2D eigenvalue weighted by molar-refractivity contribution is 5.94. The van der Waals surface area contributed by atoms with Crippen molar-refractivity contribution in [3.05, 3.63) is 36.1 Å². The van der Waals surface area contributed by atoms with Gasteiger partial charge in [-0.1, -0.05) is 17.3 Å². The monoisotopic (exact) mass is 287 g/mol. The second kappa shape index (κ2) is 4.93. The van der Waals surface area contributed by atoms with Crippen LogP contribution in [0, 0.1) is 0 Å². The summed E-state index contributed by atoms with van der Waals surface area (Å²) in [4.78, 5) is 26.1. The maximum Gasteiger partial charge on any atom is 0.374 e. The van der Waals surface area contributed by atoms with Gasteiger partial charge in [0.2, 0.25) is 5.76 Å². The minimum absolute atomic E-state index is 0.0569. The molecule has 1 N–H and O–H groups in total. The van der Waals surface area contributed by atoms with Crippen LogP contribution in [0.15, 0.2) is 34.9 Å². The van der Waals surface area contributed by atoms with Gasteiger partial charge in [0.25, 0.3) is 0 Å². The molecule has 2 heterocycles. The molecular weight excluding hydrogens is 274 g/mol. The van der Waals surface area contributed by atoms with Crippen LogP contribution in [-0.4, -0.2) is 47.3 Å². The molecule has 1 fully saturated rings. The molecule has 0 atom stereocenters. The van der Waals surface area contributed by atoms with Crippen molar-refractivity contribution in [3.63, 3.8) is 0 Å². The lowest BCUT2D eigenvalue weighted by atomic mass is 10.1. The molecule has 0 spiro atoms. The zero-order valence-electron chi connectivity index (χ0n) is 11.3. The van der Waals surface area contributed by atoms with Crippen LogP contribution in [0.2, 0.25) is 0 Å². The number of hydrogen-bond donors (Lipinski definition) is 1. The van der Waals surface area contributed by atoms with E-state index in [0.29, 0.717) is 24.3 Å². The van der Waals surface area contributed by atoms with Gasteiger partial charge in [0.15, 0.2) is 0 Å². The molecule has 7 heteroatoms. The van der Waals surface area contributed by atoms with Gasteiger partial charge in [0, 0.05) is 37.5 Å². The molecule has 1 saturated heterocycles. The van der Waals surface area contributed by atoms with E-state index in [9.17, 15) is 9.59 Å². The molecule has 1 aliphatic heterocycles. The molecule has 2 aromatic rings. The predicted octanol–water partition coefficient (Wildman–Crippen LogP) is 1.91. The van der Waals surface area contributed by atoms with Gasteiger partial charge in [-0.3, -0.25) is 4.90 Å². The lowest BCUT2D eigenvalue weighted by Gasteiger charge is -2.16. The molecule has 7 nitrogen and oxygen atoms in total. The topological polar surface area (TPSA) is 86.9 Å². The first-order valence-electron chi connectivity index (χ1n) is 6.39. The number of urea groups is 1. The van der Waals surface area contributed by atoms with Crippen LogP contribution in [0.1, 0.15) is 10.6 Å². The number of anilines is 1. The Bertz CT molecular complexity index is 710. The third-order valence-electron chi connectivity index (χ3n) is 3.39. The first-order chi connectivity index (χ1) is 10.1. The standard InChI is InChI=1S/C14H13N3O4/c1-16-5-6-17(14(16)20)10-4-2-3-9(7-10)11-8-12(13(18)19)21-15-11/h2-4,7-8H,5-6H2,1H3,(H,18,19). The van der Waals surface area contributed by atoms with Crippen molar-refractivity contribution in [2.45, 2.75) is 0 Å². The molecule has 0 radical (unpaired) electrons. The summed E-state index contributed by atoms with van der Waals surface area (Å²) in [6.07, 6.45) is 0. The van der Waals surface area contributed by atoms with E-state index in [2.05, 4.69) is 5.16 Å². The van der Waals surface area contributed by atoms with Crippen molar-refractivity contribution < 1.29 is 19.2 Å². The molecule has 0 bridgehead atoms. The van der Waals surface area contributed by atoms with Gasteiger partial charge in [0.05, 0.1) is 0 Å². The van der Waals surface area contributed by atoms with Crippen LogP contribution in [-0.2, 0) is 0 Å². The lowest BCUT2D eigenvalue weighted by molar-refractivity contribution is 0.0652. The second-order valence-electron chi connectivity index (χ2n) is 4.79. The quantitative estimate of drug-likeness (QED) is 0.931. The van der Waals surface area contributed by atoms with Crippen LogP contribution in [0.3, 0.4) is 0 Å². The summed E-state index contributed by atoms with van der Waals surface area (Å²) < 4.78 is 4.75. The zero-order valence-corrected chi connectivity index (χ0v) is 11.3. The number of carbonyl (C=O) groups is 2. The van der Waals surface area contributed by atoms with Crippen molar-refractivity contribution in [3.8, 4) is 11.3 Å². The smallest absolute Gasteiger partial charge is 0.374 e. The summed E-state index contributed by atoms with van der Waals surface area (Å²) in [5.74, 6) is -1.38. The average molecular weight is 287 g/mol. The fourth-order valence-electron chi connectivity index (χ4n) is 2.23. The highest BCUT2D eigenvalue weighted by Gasteiger charge is 2.26. The first kappa shape index (κ1) is 13.2. The van der Waals surface area contributed by atoms with Crippen molar-refractivity contribution in [2.24, 2.45) is 0 Å². The Morgan fingerprint density at radius 1 is 1.33 bits per heavy atom. The maximum atomic E-state index is 12.0. The molecule has 108 valence electrons. The molecular formula is C14H13N3O4. The molecule has 1 aliphatic rings. The van der Waals surface area contributed by atoms with Gasteiger partial charge in [-0.15, -0.1) is 0 Å². The average Bonchev–Trinajstić information content (AvgIpc) is 3.08. The van der Waals surface area contributed by atoms with Crippen molar-refractivity contribution in [1.82, 2.24) is 10.1 Å². The summed E-state index contributed by atoms with van der Waals surface area (Å²) in [7, 11) is 1.75. The van der Waals surface area contributed by atoms with E-state index in [1.807, 2.05) is 6.07 Å². The lowest BCUT2D eigenvalue weighted by Crippen LogP contribution is -2.29. The normalized spacial score (nSPS) is 14.8. The first-order valence-corrected chi connectivity index (χ1v) is 6.39. The Morgan fingerprint density at radius 2 is 2.14 bits per heavy atom. The van der Waals surface area contributed by atoms with Crippen molar-refractivity contribution in [1.29, 1.82) is 0 Å². The molecule has 3 rings (SSSR count). The number of likely N-dealkylation sites (N-methyl/N-ethyl adjacent to an activating group) is 1. The summed E-state index contributed by atoms with van der Waals surface area (Å²) in [5.41, 5.74) is 1.88. The van der Waals surface area contributed by atoms with E-state index in [4.69, 9.17) is 9.63 Å². The summed E-state index contributed by atoms with van der Waals surface area (Å²) in [5, 5.41) is 12.6. The summed E-state index contributed by atoms with van der Waals surface area (Å²) in [6.45, 7) is 1.30. The predicted molar refractivity (Wildman–Crippen MR) is 74.3 cm³/mol. The number of benzene rings is 1. The minimum Gasteiger partial charge on any atom is -0.475 e. The number of carbonyl (C=O) groups excluding carboxylic acids is 1. The minimum atomic E-state index is -1.17. The van der Waals surface area contributed by atoms with Gasteiger partial charge >= 0.3 is 12.0 Å². The number of aromatic nitrogens is 1. The number of carboxylic acids is 1. The fraction of sp³-hybridized carbons (Fsp3) is 0.214. The Morgan fingerprint density at radius 3 is 2.76 bits per heavy atom. The number of rotatable bonds is 3. The molecule has 0 aliphatic carbocycles. The number of hydrogen-bond acceptors (Lipinski definition) is 4. The van der Waals surface area contributed by atoms with E-state index in [1.54, 1.807) is 35.0 Å². The Kier molecular flexibility index (Phi) is 3.09. The number of carboxylic acid groups (broad SMARTS) is 1. The Labute approximate surface area is 120 Å². The van der Waals surface area contributed by atoms with Gasteiger partial charge in [-0.25, -0.2) is 9.59 Å². The van der Waals surface area contributed by atoms with Crippen molar-refractivity contribution in [2.75, 3.05) is 25.0 Å². The molecule has 0 unspecified atom stereocenters. The summed E-state index contributed by atoms with van der Waals surface area (Å²) >= 11 is 0. The second-order valence-corrected chi connectivity index (χ2v) is 4.79. The van der Waals surface area contributed by atoms with Gasteiger partial charge in [-0.05, 0) is 12.1 Å². The van der Waals surface area contributed by atoms with Crippen molar-refractivity contribution >= 4 is 17.7 Å². The number of nitrogens with zero attached hydrogens (tertiary/aromatic N) is 3. The van der Waals surface area contributed by atoms with E-state index in [-0.39, 0.29) is 11.8 Å². The van der Waals surface area contributed by atoms with Crippen LogP contribution in [0.5, 0.6) is 0 Å². The fourth-order valence-corrected chi connectivity index (χ4v) is 2.23. The Hall–Kier alpha value is -2.83. The molecule has 2 amide bonds. The van der Waals surface area contributed by atoms with Crippen LogP contribution >= 0.6 is 0 Å². The summed E-state index contributed by atoms with van der Waals surface area (Å²) in [6, 6.07) is 8.51. The molecule has 1 aromatic carbocycles. The van der Waals surface area contributed by atoms with E-state index >= 15 is 0 Å². The van der Waals surface area contributed by atoms with Gasteiger partial charge in [0.1, 0.15) is 5.69 Å². The van der Waals surface area contributed by atoms with E-state index in [0.717, 1.165) is 5.69 Å². The van der Waals surface area contributed by atoms with Crippen LogP contribution < -0.4 is 4.90 Å². The van der Waals surface area contributed by atoms with Crippen LogP contribution in [0.4, 0.5) is 10.5 Å². The molecule has 0 saturated carbocycles. The third-order valence-corrected chi connectivity index (χ3v) is 3.39. The van der Waals surface area contributed by atoms with E-state index in [1.165, 1.54) is 6.07 Å². The largest absolute Gasteiger partial charge is 0.475 e. The Balaban J connectivity index is 1.92. The van der Waals surface area contributed by atoms with E-state index < -0.39 is 5.97 Å². The van der Waals surface area contributed by atoms with Crippen LogP contribution in [0.25, 0.3) is 11.3 Å². The molecule has 21 heavy (non-hydrogen) atoms. The third kappa shape index (κ3) is 2.33. The highest BCUT2D eigenvalue weighted by atomic mass is 16.5. The highest BCUT2D eigenvalue weighted by Crippen LogP contribution is 2.26. The number of amides is 2. The SMILES string of the molecule is CN1CCN(c2cccc(-c3cc(C(=O)O)on3)c2)C1=O. The zero-order chi connectivity index (χ0) is 15.0. The molecule has 1 aromatic heterocycles. The van der Waals surface area contributed by atoms with Gasteiger partial charge in [-0.2, -0.15) is 0 Å². The van der Waals surface area contributed by atoms with Gasteiger partial charge < -0.3 is 14.5 Å². The number of aromatic carboxylic acids is 1.